The van der Waals surface area contributed by atoms with Crippen LogP contribution in [0.2, 0.25) is 0 Å². The largest absolute Gasteiger partial charge is 0.508 e. The van der Waals surface area contributed by atoms with Crippen molar-refractivity contribution in [1.29, 1.82) is 10.5 Å². The van der Waals surface area contributed by atoms with E-state index in [4.69, 9.17) is 31.8 Å². The summed E-state index contributed by atoms with van der Waals surface area (Å²) in [7, 11) is -3.76. The van der Waals surface area contributed by atoms with E-state index in [0.29, 0.717) is 11.4 Å². The minimum absolute atomic E-state index is 0.0589. The SMILES string of the molecule is Cc1ccc(O)c(C)c1N.Cc1ccc(OCC#N)c(C)c1N.Cc1ccc(S(=O)(=O)OCC#N)cc1. The molecule has 0 aliphatic heterocycles. The fourth-order valence-electron chi connectivity index (χ4n) is 2.84. The number of rotatable bonds is 5. The first-order valence-electron chi connectivity index (χ1n) is 11.1. The third kappa shape index (κ3) is 9.37. The lowest BCUT2D eigenvalue weighted by molar-refractivity contribution is 0.361. The Morgan fingerprint density at radius 3 is 1.81 bits per heavy atom. The van der Waals surface area contributed by atoms with Crippen molar-refractivity contribution >= 4 is 21.5 Å². The lowest BCUT2D eigenvalue weighted by Gasteiger charge is -2.09. The second-order valence-electron chi connectivity index (χ2n) is 7.99. The number of phenols is 1. The maximum atomic E-state index is 11.3. The van der Waals surface area contributed by atoms with Gasteiger partial charge < -0.3 is 21.3 Å². The van der Waals surface area contributed by atoms with E-state index in [2.05, 4.69) is 4.18 Å². The van der Waals surface area contributed by atoms with Gasteiger partial charge in [-0.15, -0.1) is 0 Å². The molecule has 0 heterocycles. The summed E-state index contributed by atoms with van der Waals surface area (Å²) in [6.45, 7) is 9.00. The standard InChI is InChI=1S/C10H12N2O.C9H9NO3S.C8H11NO/c1-7-3-4-9(13-6-5-11)8(2)10(7)12;1-8-2-4-9(5-3-8)14(11,12)13-7-6-10;1-5-3-4-7(10)6(2)8(5)9/h3-4H,6,12H2,1-2H3;2-5H,7H2,1H3;3-4,10H,9H2,1-2H3. The summed E-state index contributed by atoms with van der Waals surface area (Å²) in [5.41, 5.74) is 17.5. The minimum atomic E-state index is -3.76. The van der Waals surface area contributed by atoms with Crippen LogP contribution in [0.5, 0.6) is 11.5 Å². The van der Waals surface area contributed by atoms with Crippen molar-refractivity contribution in [3.8, 4) is 23.6 Å². The number of nitrogens with zero attached hydrogens (tertiary/aromatic N) is 2. The summed E-state index contributed by atoms with van der Waals surface area (Å²) in [5.74, 6) is 0.952. The zero-order valence-corrected chi connectivity index (χ0v) is 22.4. The van der Waals surface area contributed by atoms with Gasteiger partial charge in [-0.2, -0.15) is 18.9 Å². The van der Waals surface area contributed by atoms with Gasteiger partial charge >= 0.3 is 0 Å². The Balaban J connectivity index is 0.000000281. The van der Waals surface area contributed by atoms with Crippen LogP contribution in [-0.2, 0) is 14.3 Å². The molecule has 0 saturated carbocycles. The van der Waals surface area contributed by atoms with Crippen molar-refractivity contribution in [3.63, 3.8) is 0 Å². The molecule has 0 atom stereocenters. The Bertz CT molecular complexity index is 1360. The van der Waals surface area contributed by atoms with Gasteiger partial charge in [0.25, 0.3) is 10.1 Å². The zero-order chi connectivity index (χ0) is 28.2. The van der Waals surface area contributed by atoms with Gasteiger partial charge in [0.1, 0.15) is 17.6 Å². The molecule has 0 unspecified atom stereocenters. The van der Waals surface area contributed by atoms with Crippen molar-refractivity contribution in [2.45, 2.75) is 39.5 Å². The third-order valence-corrected chi connectivity index (χ3v) is 6.55. The summed E-state index contributed by atoms with van der Waals surface area (Å²) in [6, 6.07) is 16.9. The van der Waals surface area contributed by atoms with E-state index < -0.39 is 16.7 Å². The number of anilines is 2. The lowest BCUT2D eigenvalue weighted by Crippen LogP contribution is -2.06. The van der Waals surface area contributed by atoms with E-state index in [-0.39, 0.29) is 17.3 Å². The number of hydrogen-bond donors (Lipinski definition) is 3. The van der Waals surface area contributed by atoms with Crippen LogP contribution in [0, 0.1) is 57.3 Å². The molecule has 3 aromatic carbocycles. The molecular weight excluding hydrogens is 492 g/mol. The molecule has 3 aromatic rings. The minimum Gasteiger partial charge on any atom is -0.508 e. The zero-order valence-electron chi connectivity index (χ0n) is 21.6. The normalized spacial score (nSPS) is 10.0. The second kappa shape index (κ2) is 14.3. The average Bonchev–Trinajstić information content (AvgIpc) is 2.88. The Kier molecular flexibility index (Phi) is 11.9. The number of nitrogens with two attached hydrogens (primary N) is 2. The van der Waals surface area contributed by atoms with Gasteiger partial charge in [0.2, 0.25) is 0 Å². The van der Waals surface area contributed by atoms with Crippen LogP contribution >= 0.6 is 0 Å². The highest BCUT2D eigenvalue weighted by molar-refractivity contribution is 7.86. The summed E-state index contributed by atoms with van der Waals surface area (Å²) in [5, 5.41) is 25.7. The van der Waals surface area contributed by atoms with E-state index in [0.717, 1.165) is 33.5 Å². The Morgan fingerprint density at radius 1 is 0.784 bits per heavy atom. The summed E-state index contributed by atoms with van der Waals surface area (Å²) < 4.78 is 32.3. The fraction of sp³-hybridized carbons (Fsp3) is 0.259. The number of benzene rings is 3. The molecule has 0 spiro atoms. The second-order valence-corrected chi connectivity index (χ2v) is 9.61. The quantitative estimate of drug-likeness (QED) is 0.318. The van der Waals surface area contributed by atoms with Crippen LogP contribution in [0.3, 0.4) is 0 Å². The van der Waals surface area contributed by atoms with Gasteiger partial charge in [-0.1, -0.05) is 29.8 Å². The van der Waals surface area contributed by atoms with E-state index in [1.807, 2.05) is 45.9 Å². The molecule has 196 valence electrons. The van der Waals surface area contributed by atoms with Gasteiger partial charge in [0.05, 0.1) is 11.0 Å². The number of aromatic hydroxyl groups is 1. The maximum Gasteiger partial charge on any atom is 0.297 e. The molecular formula is C27H32N4O5S. The molecule has 0 amide bonds. The van der Waals surface area contributed by atoms with Gasteiger partial charge in [-0.05, 0) is 70.0 Å². The fourth-order valence-corrected chi connectivity index (χ4v) is 3.65. The molecule has 3 rings (SSSR count). The number of ether oxygens (including phenoxy) is 1. The number of hydrogen-bond acceptors (Lipinski definition) is 9. The summed E-state index contributed by atoms with van der Waals surface area (Å²) in [4.78, 5) is 0.0679. The molecule has 0 saturated heterocycles. The average molecular weight is 525 g/mol. The van der Waals surface area contributed by atoms with E-state index in [1.165, 1.54) is 12.1 Å². The highest BCUT2D eigenvalue weighted by atomic mass is 32.2. The molecule has 0 fully saturated rings. The topological polar surface area (TPSA) is 172 Å². The predicted molar refractivity (Wildman–Crippen MR) is 143 cm³/mol. The summed E-state index contributed by atoms with van der Waals surface area (Å²) in [6.07, 6.45) is 0. The molecule has 37 heavy (non-hydrogen) atoms. The van der Waals surface area contributed by atoms with Gasteiger partial charge in [-0.25, -0.2) is 0 Å². The molecule has 10 heteroatoms. The molecule has 5 N–H and O–H groups in total. The first-order valence-corrected chi connectivity index (χ1v) is 12.5. The lowest BCUT2D eigenvalue weighted by atomic mass is 10.1. The third-order valence-electron chi connectivity index (χ3n) is 5.27. The van der Waals surface area contributed by atoms with E-state index in [1.54, 1.807) is 37.3 Å². The number of aryl methyl sites for hydroxylation is 3. The maximum absolute atomic E-state index is 11.3. The first kappa shape index (κ1) is 30.8. The molecule has 0 aliphatic rings. The monoisotopic (exact) mass is 524 g/mol. The highest BCUT2D eigenvalue weighted by Gasteiger charge is 2.13. The molecule has 0 aromatic heterocycles. The van der Waals surface area contributed by atoms with Gasteiger partial charge in [-0.3, -0.25) is 4.18 Å². The molecule has 0 aliphatic carbocycles. The van der Waals surface area contributed by atoms with E-state index >= 15 is 0 Å². The first-order chi connectivity index (χ1) is 17.3. The van der Waals surface area contributed by atoms with Crippen molar-refractivity contribution in [3.05, 3.63) is 76.3 Å². The Morgan fingerprint density at radius 2 is 1.30 bits per heavy atom. The van der Waals surface area contributed by atoms with Crippen molar-refractivity contribution < 1.29 is 22.4 Å². The summed E-state index contributed by atoms with van der Waals surface area (Å²) >= 11 is 0. The number of phenolic OH excluding ortho intramolecular Hbond substituents is 1. The van der Waals surface area contributed by atoms with Crippen molar-refractivity contribution in [2.75, 3.05) is 24.7 Å². The molecule has 9 nitrogen and oxygen atoms in total. The van der Waals surface area contributed by atoms with Crippen molar-refractivity contribution in [2.24, 2.45) is 0 Å². The molecule has 0 radical (unpaired) electrons. The van der Waals surface area contributed by atoms with Crippen LogP contribution in [0.4, 0.5) is 11.4 Å². The Hall–Kier alpha value is -4.25. The smallest absolute Gasteiger partial charge is 0.297 e. The van der Waals surface area contributed by atoms with Crippen LogP contribution in [0.25, 0.3) is 0 Å². The molecule has 0 bridgehead atoms. The van der Waals surface area contributed by atoms with Crippen molar-refractivity contribution in [1.82, 2.24) is 0 Å². The van der Waals surface area contributed by atoms with Gasteiger partial charge in [0, 0.05) is 22.5 Å². The van der Waals surface area contributed by atoms with Crippen LogP contribution in [-0.4, -0.2) is 26.7 Å². The highest BCUT2D eigenvalue weighted by Crippen LogP contribution is 2.26. The predicted octanol–water partition coefficient (Wildman–Crippen LogP) is 4.60. The van der Waals surface area contributed by atoms with Crippen LogP contribution in [0.1, 0.15) is 27.8 Å². The van der Waals surface area contributed by atoms with E-state index in [9.17, 15) is 8.42 Å². The van der Waals surface area contributed by atoms with Crippen LogP contribution in [0.15, 0.2) is 53.4 Å². The number of nitrogen functional groups attached to an aromatic ring is 2. The Labute approximate surface area is 218 Å². The van der Waals surface area contributed by atoms with Crippen LogP contribution < -0.4 is 16.2 Å². The number of nitriles is 2. The van der Waals surface area contributed by atoms with Gasteiger partial charge in [0.15, 0.2) is 13.2 Å².